The molecule has 0 fully saturated rings. The van der Waals surface area contributed by atoms with E-state index in [0.29, 0.717) is 0 Å². The van der Waals surface area contributed by atoms with Crippen molar-refractivity contribution in [2.45, 2.75) is 31.2 Å². The SMILES string of the molecule is CCCCCSc1cc(Br)ncn1. The summed E-state index contributed by atoms with van der Waals surface area (Å²) in [6.45, 7) is 2.21. The zero-order chi connectivity index (χ0) is 9.52. The van der Waals surface area contributed by atoms with E-state index in [0.717, 1.165) is 15.4 Å². The first kappa shape index (κ1) is 11.0. The fraction of sp³-hybridized carbons (Fsp3) is 0.556. The predicted molar refractivity (Wildman–Crippen MR) is 60.0 cm³/mol. The Morgan fingerprint density at radius 3 is 2.92 bits per heavy atom. The van der Waals surface area contributed by atoms with Crippen LogP contribution < -0.4 is 0 Å². The number of unbranched alkanes of at least 4 members (excludes halogenated alkanes) is 2. The fourth-order valence-electron chi connectivity index (χ4n) is 0.925. The standard InChI is InChI=1S/C9H13BrN2S/c1-2-3-4-5-13-9-6-8(10)11-7-12-9/h6-7H,2-5H2,1H3. The lowest BCUT2D eigenvalue weighted by atomic mass is 10.3. The van der Waals surface area contributed by atoms with Crippen molar-refractivity contribution in [3.63, 3.8) is 0 Å². The van der Waals surface area contributed by atoms with Crippen LogP contribution in [-0.2, 0) is 0 Å². The molecule has 72 valence electrons. The molecule has 1 aromatic rings. The highest BCUT2D eigenvalue weighted by Gasteiger charge is 1.96. The van der Waals surface area contributed by atoms with Gasteiger partial charge in [-0.05, 0) is 28.1 Å². The van der Waals surface area contributed by atoms with Crippen LogP contribution in [0.15, 0.2) is 22.0 Å². The van der Waals surface area contributed by atoms with E-state index in [4.69, 9.17) is 0 Å². The van der Waals surface area contributed by atoms with Crippen LogP contribution in [0.2, 0.25) is 0 Å². The van der Waals surface area contributed by atoms with Gasteiger partial charge in [-0.1, -0.05) is 19.8 Å². The molecule has 0 unspecified atom stereocenters. The van der Waals surface area contributed by atoms with Gasteiger partial charge in [-0.25, -0.2) is 9.97 Å². The van der Waals surface area contributed by atoms with E-state index in [1.54, 1.807) is 18.1 Å². The lowest BCUT2D eigenvalue weighted by Crippen LogP contribution is -1.85. The van der Waals surface area contributed by atoms with Gasteiger partial charge < -0.3 is 0 Å². The summed E-state index contributed by atoms with van der Waals surface area (Å²) in [7, 11) is 0. The van der Waals surface area contributed by atoms with Crippen LogP contribution in [0.25, 0.3) is 0 Å². The Bertz CT molecular complexity index is 255. The quantitative estimate of drug-likeness (QED) is 0.460. The molecule has 1 aromatic heterocycles. The van der Waals surface area contributed by atoms with Crippen LogP contribution in [0, 0.1) is 0 Å². The van der Waals surface area contributed by atoms with Crippen LogP contribution in [-0.4, -0.2) is 15.7 Å². The molecule has 0 saturated heterocycles. The van der Waals surface area contributed by atoms with Gasteiger partial charge in [0.05, 0.1) is 0 Å². The summed E-state index contributed by atoms with van der Waals surface area (Å²) in [5.74, 6) is 1.15. The molecule has 0 N–H and O–H groups in total. The molecule has 0 bridgehead atoms. The maximum atomic E-state index is 4.16. The van der Waals surface area contributed by atoms with E-state index in [2.05, 4.69) is 32.8 Å². The lowest BCUT2D eigenvalue weighted by Gasteiger charge is -1.99. The number of halogens is 1. The van der Waals surface area contributed by atoms with Crippen molar-refractivity contribution in [1.82, 2.24) is 9.97 Å². The average molecular weight is 261 g/mol. The van der Waals surface area contributed by atoms with Gasteiger partial charge >= 0.3 is 0 Å². The Hall–Kier alpha value is -0.0900. The molecule has 0 spiro atoms. The monoisotopic (exact) mass is 260 g/mol. The van der Waals surface area contributed by atoms with Crippen LogP contribution >= 0.6 is 27.7 Å². The molecule has 0 atom stereocenters. The Balaban J connectivity index is 2.28. The third kappa shape index (κ3) is 4.62. The van der Waals surface area contributed by atoms with Crippen molar-refractivity contribution >= 4 is 27.7 Å². The van der Waals surface area contributed by atoms with Crippen LogP contribution in [0.5, 0.6) is 0 Å². The van der Waals surface area contributed by atoms with Crippen molar-refractivity contribution in [2.24, 2.45) is 0 Å². The first-order chi connectivity index (χ1) is 6.33. The Morgan fingerprint density at radius 2 is 2.23 bits per heavy atom. The van der Waals surface area contributed by atoms with E-state index in [9.17, 15) is 0 Å². The molecule has 0 aliphatic heterocycles. The molecule has 4 heteroatoms. The third-order valence-electron chi connectivity index (χ3n) is 1.61. The topological polar surface area (TPSA) is 25.8 Å². The van der Waals surface area contributed by atoms with Crippen LogP contribution in [0.3, 0.4) is 0 Å². The Kier molecular flexibility index (Phi) is 5.39. The van der Waals surface area contributed by atoms with Crippen LogP contribution in [0.1, 0.15) is 26.2 Å². The van der Waals surface area contributed by atoms with E-state index in [1.165, 1.54) is 19.3 Å². The highest BCUT2D eigenvalue weighted by atomic mass is 79.9. The first-order valence-electron chi connectivity index (χ1n) is 4.43. The van der Waals surface area contributed by atoms with E-state index in [1.807, 2.05) is 6.07 Å². The summed E-state index contributed by atoms with van der Waals surface area (Å²) >= 11 is 5.11. The van der Waals surface area contributed by atoms with Gasteiger partial charge in [0.25, 0.3) is 0 Å². The first-order valence-corrected chi connectivity index (χ1v) is 6.21. The predicted octanol–water partition coefficient (Wildman–Crippen LogP) is 3.52. The second-order valence-corrected chi connectivity index (χ2v) is 4.66. The van der Waals surface area contributed by atoms with Gasteiger partial charge in [-0.2, -0.15) is 0 Å². The van der Waals surface area contributed by atoms with Crippen molar-refractivity contribution in [3.8, 4) is 0 Å². The summed E-state index contributed by atoms with van der Waals surface area (Å²) < 4.78 is 0.862. The normalized spacial score (nSPS) is 10.3. The second kappa shape index (κ2) is 6.38. The summed E-state index contributed by atoms with van der Waals surface area (Å²) in [6.07, 6.45) is 5.43. The third-order valence-corrected chi connectivity index (χ3v) is 3.05. The highest BCUT2D eigenvalue weighted by molar-refractivity contribution is 9.10. The second-order valence-electron chi connectivity index (χ2n) is 2.73. The Morgan fingerprint density at radius 1 is 1.38 bits per heavy atom. The molecule has 0 aromatic carbocycles. The number of nitrogens with zero attached hydrogens (tertiary/aromatic N) is 2. The summed E-state index contributed by atoms with van der Waals surface area (Å²) in [5, 5.41) is 1.05. The van der Waals surface area contributed by atoms with Gasteiger partial charge in [0, 0.05) is 6.07 Å². The van der Waals surface area contributed by atoms with Gasteiger partial charge in [-0.15, -0.1) is 11.8 Å². The van der Waals surface area contributed by atoms with Gasteiger partial charge in [0.15, 0.2) is 0 Å². The molecule has 0 radical (unpaired) electrons. The zero-order valence-electron chi connectivity index (χ0n) is 7.66. The molecule has 0 amide bonds. The molecular formula is C9H13BrN2S. The van der Waals surface area contributed by atoms with Crippen molar-refractivity contribution in [1.29, 1.82) is 0 Å². The van der Waals surface area contributed by atoms with Crippen molar-refractivity contribution in [2.75, 3.05) is 5.75 Å². The average Bonchev–Trinajstić information content (AvgIpc) is 2.13. The summed E-state index contributed by atoms with van der Waals surface area (Å²) in [5.41, 5.74) is 0. The fourth-order valence-corrected chi connectivity index (χ4v) is 2.26. The summed E-state index contributed by atoms with van der Waals surface area (Å²) in [6, 6.07) is 1.95. The summed E-state index contributed by atoms with van der Waals surface area (Å²) in [4.78, 5) is 8.14. The van der Waals surface area contributed by atoms with Gasteiger partial charge in [0.1, 0.15) is 16.0 Å². The van der Waals surface area contributed by atoms with Gasteiger partial charge in [0.2, 0.25) is 0 Å². The zero-order valence-corrected chi connectivity index (χ0v) is 10.1. The highest BCUT2D eigenvalue weighted by Crippen LogP contribution is 2.18. The molecule has 1 rings (SSSR count). The van der Waals surface area contributed by atoms with E-state index >= 15 is 0 Å². The van der Waals surface area contributed by atoms with Crippen molar-refractivity contribution < 1.29 is 0 Å². The molecular weight excluding hydrogens is 248 g/mol. The molecule has 0 aliphatic rings. The number of hydrogen-bond acceptors (Lipinski definition) is 3. The smallest absolute Gasteiger partial charge is 0.118 e. The van der Waals surface area contributed by atoms with Gasteiger partial charge in [-0.3, -0.25) is 0 Å². The van der Waals surface area contributed by atoms with Crippen molar-refractivity contribution in [3.05, 3.63) is 17.0 Å². The molecule has 0 saturated carbocycles. The van der Waals surface area contributed by atoms with Crippen LogP contribution in [0.4, 0.5) is 0 Å². The van der Waals surface area contributed by atoms with E-state index < -0.39 is 0 Å². The molecule has 13 heavy (non-hydrogen) atoms. The number of rotatable bonds is 5. The Labute approximate surface area is 91.7 Å². The minimum Gasteiger partial charge on any atom is -0.230 e. The number of hydrogen-bond donors (Lipinski definition) is 0. The minimum absolute atomic E-state index is 0.862. The molecule has 1 heterocycles. The molecule has 2 nitrogen and oxygen atoms in total. The largest absolute Gasteiger partial charge is 0.230 e. The lowest BCUT2D eigenvalue weighted by molar-refractivity contribution is 0.778. The molecule has 0 aliphatic carbocycles. The minimum atomic E-state index is 0.862. The maximum absolute atomic E-state index is 4.16. The maximum Gasteiger partial charge on any atom is 0.118 e. The van der Waals surface area contributed by atoms with E-state index in [-0.39, 0.29) is 0 Å². The number of aromatic nitrogens is 2. The number of thioether (sulfide) groups is 1.